The van der Waals surface area contributed by atoms with Crippen LogP contribution in [0, 0.1) is 0 Å². The van der Waals surface area contributed by atoms with Crippen molar-refractivity contribution in [3.8, 4) is 11.5 Å². The quantitative estimate of drug-likeness (QED) is 0.746. The van der Waals surface area contributed by atoms with Crippen LogP contribution >= 0.6 is 11.3 Å². The van der Waals surface area contributed by atoms with Crippen LogP contribution in [-0.4, -0.2) is 16.1 Å². The standard InChI is InChI=1S/C13H13NO3S/c1-8(12-3-2-6-18-12)14-13(17)9-4-5-10(15)11(16)7-9/h2-8,15-16H,1H3,(H,14,17). The lowest BCUT2D eigenvalue weighted by Gasteiger charge is -2.12. The SMILES string of the molecule is CC(NC(=O)c1ccc(O)c(O)c1)c1cccs1. The van der Waals surface area contributed by atoms with E-state index in [4.69, 9.17) is 0 Å². The van der Waals surface area contributed by atoms with Crippen molar-refractivity contribution in [2.24, 2.45) is 0 Å². The van der Waals surface area contributed by atoms with Gasteiger partial charge in [-0.05, 0) is 36.6 Å². The van der Waals surface area contributed by atoms with Crippen LogP contribution in [0.2, 0.25) is 0 Å². The molecule has 3 N–H and O–H groups in total. The van der Waals surface area contributed by atoms with Crippen molar-refractivity contribution in [3.05, 3.63) is 46.2 Å². The number of phenolic OH excluding ortho intramolecular Hbond substituents is 2. The zero-order valence-corrected chi connectivity index (χ0v) is 10.6. The van der Waals surface area contributed by atoms with E-state index >= 15 is 0 Å². The topological polar surface area (TPSA) is 69.6 Å². The minimum atomic E-state index is -0.300. The summed E-state index contributed by atoms with van der Waals surface area (Å²) in [5.74, 6) is -0.824. The molecule has 0 radical (unpaired) electrons. The lowest BCUT2D eigenvalue weighted by atomic mass is 10.1. The van der Waals surface area contributed by atoms with Gasteiger partial charge in [-0.15, -0.1) is 11.3 Å². The summed E-state index contributed by atoms with van der Waals surface area (Å²) in [6.45, 7) is 1.89. The lowest BCUT2D eigenvalue weighted by Crippen LogP contribution is -2.25. The third kappa shape index (κ3) is 2.62. The number of amides is 1. The second kappa shape index (κ2) is 5.10. The Labute approximate surface area is 109 Å². The van der Waals surface area contributed by atoms with Gasteiger partial charge >= 0.3 is 0 Å². The fourth-order valence-electron chi connectivity index (χ4n) is 1.55. The van der Waals surface area contributed by atoms with Gasteiger partial charge in [-0.2, -0.15) is 0 Å². The van der Waals surface area contributed by atoms with E-state index in [0.29, 0.717) is 5.56 Å². The first-order valence-electron chi connectivity index (χ1n) is 5.44. The van der Waals surface area contributed by atoms with Gasteiger partial charge in [0.25, 0.3) is 5.91 Å². The lowest BCUT2D eigenvalue weighted by molar-refractivity contribution is 0.0940. The Hall–Kier alpha value is -2.01. The summed E-state index contributed by atoms with van der Waals surface area (Å²) >= 11 is 1.57. The number of carbonyl (C=O) groups is 1. The van der Waals surface area contributed by atoms with Gasteiger partial charge in [-0.25, -0.2) is 0 Å². The van der Waals surface area contributed by atoms with Crippen LogP contribution in [0.4, 0.5) is 0 Å². The minimum Gasteiger partial charge on any atom is -0.504 e. The van der Waals surface area contributed by atoms with Gasteiger partial charge in [0.15, 0.2) is 11.5 Å². The van der Waals surface area contributed by atoms with Gasteiger partial charge in [-0.3, -0.25) is 4.79 Å². The Bertz CT molecular complexity index is 551. The molecule has 1 unspecified atom stereocenters. The first kappa shape index (κ1) is 12.4. The monoisotopic (exact) mass is 263 g/mol. The van der Waals surface area contributed by atoms with Crippen molar-refractivity contribution in [2.75, 3.05) is 0 Å². The Balaban J connectivity index is 2.10. The molecule has 2 aromatic rings. The molecule has 0 saturated heterocycles. The number of rotatable bonds is 3. The van der Waals surface area contributed by atoms with Gasteiger partial charge in [0.1, 0.15) is 0 Å². The van der Waals surface area contributed by atoms with Crippen LogP contribution < -0.4 is 5.32 Å². The van der Waals surface area contributed by atoms with E-state index < -0.39 is 0 Å². The second-order valence-corrected chi connectivity index (χ2v) is 4.89. The molecule has 1 heterocycles. The molecule has 1 aromatic heterocycles. The number of benzene rings is 1. The first-order valence-corrected chi connectivity index (χ1v) is 6.32. The summed E-state index contributed by atoms with van der Waals surface area (Å²) in [5.41, 5.74) is 0.314. The average molecular weight is 263 g/mol. The van der Waals surface area contributed by atoms with Crippen molar-refractivity contribution in [3.63, 3.8) is 0 Å². The Morgan fingerprint density at radius 3 is 2.67 bits per heavy atom. The van der Waals surface area contributed by atoms with Crippen LogP contribution in [0.25, 0.3) is 0 Å². The molecule has 4 nitrogen and oxygen atoms in total. The van der Waals surface area contributed by atoms with Gasteiger partial charge in [0.2, 0.25) is 0 Å². The Kier molecular flexibility index (Phi) is 3.53. The van der Waals surface area contributed by atoms with E-state index in [1.165, 1.54) is 18.2 Å². The van der Waals surface area contributed by atoms with Crippen LogP contribution in [0.5, 0.6) is 11.5 Å². The van der Waals surface area contributed by atoms with Crippen LogP contribution in [0.3, 0.4) is 0 Å². The van der Waals surface area contributed by atoms with Crippen molar-refractivity contribution in [1.82, 2.24) is 5.32 Å². The van der Waals surface area contributed by atoms with Gasteiger partial charge in [0.05, 0.1) is 6.04 Å². The summed E-state index contributed by atoms with van der Waals surface area (Å²) in [4.78, 5) is 13.0. The van der Waals surface area contributed by atoms with Crippen LogP contribution in [-0.2, 0) is 0 Å². The summed E-state index contributed by atoms with van der Waals surface area (Å²) in [6.07, 6.45) is 0. The second-order valence-electron chi connectivity index (χ2n) is 3.91. The normalized spacial score (nSPS) is 12.1. The Morgan fingerprint density at radius 2 is 2.06 bits per heavy atom. The molecule has 0 fully saturated rings. The molecule has 1 amide bonds. The molecule has 0 spiro atoms. The average Bonchev–Trinajstić information content (AvgIpc) is 2.86. The maximum absolute atomic E-state index is 11.9. The highest BCUT2D eigenvalue weighted by molar-refractivity contribution is 7.10. The van der Waals surface area contributed by atoms with Crippen molar-refractivity contribution in [2.45, 2.75) is 13.0 Å². The van der Waals surface area contributed by atoms with Gasteiger partial charge < -0.3 is 15.5 Å². The van der Waals surface area contributed by atoms with Crippen LogP contribution in [0.1, 0.15) is 28.2 Å². The molecule has 0 aliphatic rings. The number of nitrogens with one attached hydrogen (secondary N) is 1. The molecule has 0 saturated carbocycles. The number of aromatic hydroxyl groups is 2. The van der Waals surface area contributed by atoms with E-state index in [-0.39, 0.29) is 23.4 Å². The van der Waals surface area contributed by atoms with Gasteiger partial charge in [-0.1, -0.05) is 6.07 Å². The third-order valence-electron chi connectivity index (χ3n) is 2.56. The summed E-state index contributed by atoms with van der Waals surface area (Å²) < 4.78 is 0. The minimum absolute atomic E-state index is 0.0894. The highest BCUT2D eigenvalue weighted by atomic mass is 32.1. The summed E-state index contributed by atoms with van der Waals surface area (Å²) in [6, 6.07) is 7.78. The number of thiophene rings is 1. The predicted molar refractivity (Wildman–Crippen MR) is 70.0 cm³/mol. The van der Waals surface area contributed by atoms with Crippen molar-refractivity contribution < 1.29 is 15.0 Å². The smallest absolute Gasteiger partial charge is 0.251 e. The molecule has 94 valence electrons. The molecular formula is C13H13NO3S. The number of carbonyl (C=O) groups excluding carboxylic acids is 1. The molecular weight excluding hydrogens is 250 g/mol. The summed E-state index contributed by atoms with van der Waals surface area (Å²) in [7, 11) is 0. The fourth-order valence-corrected chi connectivity index (χ4v) is 2.29. The molecule has 1 atom stereocenters. The first-order chi connectivity index (χ1) is 8.58. The molecule has 18 heavy (non-hydrogen) atoms. The van der Waals surface area contributed by atoms with E-state index in [0.717, 1.165) is 4.88 Å². The largest absolute Gasteiger partial charge is 0.504 e. The molecule has 0 bridgehead atoms. The van der Waals surface area contributed by atoms with Crippen molar-refractivity contribution >= 4 is 17.2 Å². The van der Waals surface area contributed by atoms with E-state index in [9.17, 15) is 15.0 Å². The Morgan fingerprint density at radius 1 is 1.28 bits per heavy atom. The third-order valence-corrected chi connectivity index (χ3v) is 3.61. The highest BCUT2D eigenvalue weighted by Crippen LogP contribution is 2.25. The number of phenols is 2. The predicted octanol–water partition coefficient (Wildman–Crippen LogP) is 2.65. The maximum Gasteiger partial charge on any atom is 0.251 e. The molecule has 2 rings (SSSR count). The maximum atomic E-state index is 11.9. The zero-order valence-electron chi connectivity index (χ0n) is 9.75. The number of hydrogen-bond donors (Lipinski definition) is 3. The molecule has 1 aromatic carbocycles. The molecule has 0 aliphatic carbocycles. The van der Waals surface area contributed by atoms with E-state index in [1.54, 1.807) is 11.3 Å². The van der Waals surface area contributed by atoms with E-state index in [2.05, 4.69) is 5.32 Å². The zero-order chi connectivity index (χ0) is 13.1. The fraction of sp³-hybridized carbons (Fsp3) is 0.154. The molecule has 5 heteroatoms. The number of hydrogen-bond acceptors (Lipinski definition) is 4. The summed E-state index contributed by atoms with van der Waals surface area (Å²) in [5, 5.41) is 23.3. The van der Waals surface area contributed by atoms with E-state index in [1.807, 2.05) is 24.4 Å². The van der Waals surface area contributed by atoms with Crippen LogP contribution in [0.15, 0.2) is 35.7 Å². The van der Waals surface area contributed by atoms with Crippen molar-refractivity contribution in [1.29, 1.82) is 0 Å². The molecule has 0 aliphatic heterocycles. The highest BCUT2D eigenvalue weighted by Gasteiger charge is 2.13. The van der Waals surface area contributed by atoms with Gasteiger partial charge in [0, 0.05) is 10.4 Å².